The van der Waals surface area contributed by atoms with Gasteiger partial charge in [0.15, 0.2) is 17.3 Å². The maximum atomic E-state index is 13.0. The van der Waals surface area contributed by atoms with E-state index in [1.54, 1.807) is 11.3 Å². The van der Waals surface area contributed by atoms with Gasteiger partial charge in [0, 0.05) is 23.4 Å². The normalized spacial score (nSPS) is 19.9. The molecule has 4 rings (SSSR count). The molecule has 0 amide bonds. The molecule has 2 aliphatic rings. The van der Waals surface area contributed by atoms with Crippen molar-refractivity contribution in [1.82, 2.24) is 9.88 Å². The summed E-state index contributed by atoms with van der Waals surface area (Å²) in [5, 5.41) is 3.30. The van der Waals surface area contributed by atoms with E-state index in [4.69, 9.17) is 14.5 Å². The number of piperidine rings is 1. The number of rotatable bonds is 5. The fraction of sp³-hybridized carbons (Fsp3) is 0.500. The van der Waals surface area contributed by atoms with E-state index in [2.05, 4.69) is 24.1 Å². The van der Waals surface area contributed by atoms with E-state index in [-0.39, 0.29) is 18.5 Å². The Balaban J connectivity index is 1.42. The highest BCUT2D eigenvalue weighted by molar-refractivity contribution is 7.09. The van der Waals surface area contributed by atoms with Gasteiger partial charge in [-0.15, -0.1) is 11.3 Å². The summed E-state index contributed by atoms with van der Waals surface area (Å²) < 4.78 is 10.7. The molecule has 1 unspecified atom stereocenters. The number of fused-ring (bicyclic) bond motifs is 1. The number of nitrogens with zero attached hydrogens (tertiary/aromatic N) is 2. The van der Waals surface area contributed by atoms with Crippen molar-refractivity contribution in [2.45, 2.75) is 39.2 Å². The van der Waals surface area contributed by atoms with Crippen molar-refractivity contribution in [3.63, 3.8) is 0 Å². The molecule has 0 radical (unpaired) electrons. The number of thiazole rings is 1. The van der Waals surface area contributed by atoms with E-state index in [1.165, 1.54) is 0 Å². The molecule has 1 atom stereocenters. The minimum absolute atomic E-state index is 0.0358. The molecule has 1 fully saturated rings. The van der Waals surface area contributed by atoms with Crippen molar-refractivity contribution in [1.29, 1.82) is 0 Å². The van der Waals surface area contributed by atoms with Gasteiger partial charge in [-0.25, -0.2) is 4.98 Å². The van der Waals surface area contributed by atoms with Crippen LogP contribution in [0.5, 0.6) is 11.5 Å². The van der Waals surface area contributed by atoms with E-state index in [1.807, 2.05) is 18.2 Å². The van der Waals surface area contributed by atoms with E-state index < -0.39 is 0 Å². The number of Topliss-reactive ketones (excluding diaryl/α,β-unsaturated/α-hetero) is 1. The molecule has 1 aromatic carbocycles. The predicted molar refractivity (Wildman–Crippen MR) is 101 cm³/mol. The van der Waals surface area contributed by atoms with Crippen molar-refractivity contribution >= 4 is 17.1 Å². The molecule has 2 aliphatic heterocycles. The lowest BCUT2D eigenvalue weighted by atomic mass is 9.90. The van der Waals surface area contributed by atoms with Crippen LogP contribution in [-0.2, 0) is 6.54 Å². The zero-order chi connectivity index (χ0) is 18.1. The number of benzene rings is 1. The molecule has 0 aliphatic carbocycles. The largest absolute Gasteiger partial charge is 0.454 e. The lowest BCUT2D eigenvalue weighted by molar-refractivity contribution is 0.0811. The van der Waals surface area contributed by atoms with E-state index in [0.717, 1.165) is 54.5 Å². The third-order valence-electron chi connectivity index (χ3n) is 5.05. The number of ether oxygens (including phenoxy) is 2. The van der Waals surface area contributed by atoms with Crippen LogP contribution >= 0.6 is 11.3 Å². The van der Waals surface area contributed by atoms with Gasteiger partial charge in [-0.1, -0.05) is 13.8 Å². The minimum atomic E-state index is 0.0358. The van der Waals surface area contributed by atoms with Crippen LogP contribution in [0.3, 0.4) is 0 Å². The molecule has 138 valence electrons. The second-order valence-corrected chi connectivity index (χ2v) is 8.27. The van der Waals surface area contributed by atoms with Gasteiger partial charge in [0.05, 0.1) is 12.2 Å². The molecule has 0 N–H and O–H groups in total. The maximum absolute atomic E-state index is 13.0. The van der Waals surface area contributed by atoms with Crippen LogP contribution in [0.25, 0.3) is 0 Å². The van der Waals surface area contributed by atoms with Crippen molar-refractivity contribution < 1.29 is 14.3 Å². The molecular weight excluding hydrogens is 348 g/mol. The first-order valence-electron chi connectivity index (χ1n) is 9.20. The van der Waals surface area contributed by atoms with Crippen molar-refractivity contribution in [3.05, 3.63) is 39.8 Å². The number of hydrogen-bond acceptors (Lipinski definition) is 6. The molecule has 2 aromatic rings. The zero-order valence-electron chi connectivity index (χ0n) is 15.2. The van der Waals surface area contributed by atoms with E-state index in [0.29, 0.717) is 11.7 Å². The van der Waals surface area contributed by atoms with Crippen LogP contribution in [0.4, 0.5) is 0 Å². The second kappa shape index (κ2) is 7.37. The Bertz CT molecular complexity index is 802. The second-order valence-electron chi connectivity index (χ2n) is 7.33. The van der Waals surface area contributed by atoms with Gasteiger partial charge in [-0.3, -0.25) is 9.69 Å². The van der Waals surface area contributed by atoms with Crippen LogP contribution in [0.1, 0.15) is 53.7 Å². The lowest BCUT2D eigenvalue weighted by Gasteiger charge is -2.31. The lowest BCUT2D eigenvalue weighted by Crippen LogP contribution is -2.38. The van der Waals surface area contributed by atoms with Crippen LogP contribution in [0.2, 0.25) is 0 Å². The Morgan fingerprint density at radius 1 is 1.35 bits per heavy atom. The molecule has 1 saturated heterocycles. The van der Waals surface area contributed by atoms with Gasteiger partial charge in [-0.2, -0.15) is 0 Å². The third-order valence-corrected chi connectivity index (χ3v) is 5.91. The Hall–Kier alpha value is -1.92. The van der Waals surface area contributed by atoms with Gasteiger partial charge in [0.2, 0.25) is 6.79 Å². The average Bonchev–Trinajstić information content (AvgIpc) is 3.30. The van der Waals surface area contributed by atoms with Gasteiger partial charge in [-0.05, 0) is 43.5 Å². The van der Waals surface area contributed by atoms with Gasteiger partial charge in [0.25, 0.3) is 0 Å². The summed E-state index contributed by atoms with van der Waals surface area (Å²) in [6, 6.07) is 5.50. The van der Waals surface area contributed by atoms with E-state index >= 15 is 0 Å². The molecule has 0 bridgehead atoms. The molecular formula is C20H24N2O3S. The Morgan fingerprint density at radius 2 is 2.19 bits per heavy atom. The predicted octanol–water partition coefficient (Wildman–Crippen LogP) is 4.09. The maximum Gasteiger partial charge on any atom is 0.231 e. The number of likely N-dealkylation sites (tertiary alicyclic amines) is 1. The first-order chi connectivity index (χ1) is 12.6. The molecule has 3 heterocycles. The smallest absolute Gasteiger partial charge is 0.231 e. The summed E-state index contributed by atoms with van der Waals surface area (Å²) >= 11 is 1.72. The summed E-state index contributed by atoms with van der Waals surface area (Å²) in [6.07, 6.45) is 1.99. The monoisotopic (exact) mass is 372 g/mol. The molecule has 0 saturated carbocycles. The van der Waals surface area contributed by atoms with Gasteiger partial charge >= 0.3 is 0 Å². The van der Waals surface area contributed by atoms with Crippen molar-refractivity contribution in [3.8, 4) is 11.5 Å². The molecule has 6 heteroatoms. The van der Waals surface area contributed by atoms with E-state index in [9.17, 15) is 4.79 Å². The van der Waals surface area contributed by atoms with Gasteiger partial charge in [0.1, 0.15) is 5.01 Å². The SMILES string of the molecule is CC(C)c1csc(CN2CCCC(C(=O)c3ccc4c(c3)OCO4)C2)n1. The van der Waals surface area contributed by atoms with Gasteiger partial charge < -0.3 is 9.47 Å². The first-order valence-corrected chi connectivity index (χ1v) is 10.1. The van der Waals surface area contributed by atoms with Crippen LogP contribution < -0.4 is 9.47 Å². The van der Waals surface area contributed by atoms with Crippen molar-refractivity contribution in [2.75, 3.05) is 19.9 Å². The highest BCUT2D eigenvalue weighted by Crippen LogP contribution is 2.34. The number of ketones is 1. The molecule has 5 nitrogen and oxygen atoms in total. The zero-order valence-corrected chi connectivity index (χ0v) is 16.1. The standard InChI is InChI=1S/C20H24N2O3S/c1-13(2)16-11-26-19(21-16)10-22-7-3-4-15(9-22)20(23)14-5-6-17-18(8-14)25-12-24-17/h5-6,8,11,13,15H,3-4,7,9-10,12H2,1-2H3. The topological polar surface area (TPSA) is 51.7 Å². The summed E-state index contributed by atoms with van der Waals surface area (Å²) in [4.78, 5) is 20.1. The first kappa shape index (κ1) is 17.5. The summed E-state index contributed by atoms with van der Waals surface area (Å²) in [6.45, 7) is 7.23. The highest BCUT2D eigenvalue weighted by Gasteiger charge is 2.28. The highest BCUT2D eigenvalue weighted by atomic mass is 32.1. The summed E-state index contributed by atoms with van der Waals surface area (Å²) in [5.74, 6) is 2.09. The minimum Gasteiger partial charge on any atom is -0.454 e. The molecule has 0 spiro atoms. The van der Waals surface area contributed by atoms with Crippen LogP contribution in [0.15, 0.2) is 23.6 Å². The fourth-order valence-corrected chi connectivity index (χ4v) is 4.55. The number of carbonyl (C=O) groups excluding carboxylic acids is 1. The van der Waals surface area contributed by atoms with Crippen LogP contribution in [0, 0.1) is 5.92 Å². The number of hydrogen-bond donors (Lipinski definition) is 0. The Morgan fingerprint density at radius 3 is 3.00 bits per heavy atom. The van der Waals surface area contributed by atoms with Crippen molar-refractivity contribution in [2.24, 2.45) is 5.92 Å². The third kappa shape index (κ3) is 3.62. The Kier molecular flexibility index (Phi) is 4.96. The summed E-state index contributed by atoms with van der Waals surface area (Å²) in [7, 11) is 0. The fourth-order valence-electron chi connectivity index (χ4n) is 3.55. The Labute approximate surface area is 157 Å². The summed E-state index contributed by atoms with van der Waals surface area (Å²) in [5.41, 5.74) is 1.88. The molecule has 26 heavy (non-hydrogen) atoms. The number of carbonyl (C=O) groups is 1. The number of aromatic nitrogens is 1. The van der Waals surface area contributed by atoms with Crippen LogP contribution in [-0.4, -0.2) is 35.5 Å². The molecule has 1 aromatic heterocycles. The average molecular weight is 372 g/mol. The quantitative estimate of drug-likeness (QED) is 0.740.